The molecule has 2 aromatic carbocycles. The summed E-state index contributed by atoms with van der Waals surface area (Å²) in [5, 5.41) is 3.26. The molecule has 2 aromatic rings. The van der Waals surface area contributed by atoms with Gasteiger partial charge in [-0.1, -0.05) is 42.5 Å². The Bertz CT molecular complexity index is 522. The van der Waals surface area contributed by atoms with Gasteiger partial charge in [-0.3, -0.25) is 0 Å². The highest BCUT2D eigenvalue weighted by atomic mass is 16.5. The summed E-state index contributed by atoms with van der Waals surface area (Å²) in [6.07, 6.45) is 0. The molecule has 0 spiro atoms. The minimum Gasteiger partial charge on any atom is -0.489 e. The molecular formula is C17H21NO. The summed E-state index contributed by atoms with van der Waals surface area (Å²) in [5.74, 6) is 0.964. The van der Waals surface area contributed by atoms with Crippen molar-refractivity contribution >= 4 is 0 Å². The normalized spacial score (nSPS) is 12.2. The van der Waals surface area contributed by atoms with Gasteiger partial charge in [0, 0.05) is 11.6 Å². The summed E-state index contributed by atoms with van der Waals surface area (Å²) >= 11 is 0. The summed E-state index contributed by atoms with van der Waals surface area (Å²) < 4.78 is 5.99. The van der Waals surface area contributed by atoms with Gasteiger partial charge in [-0.25, -0.2) is 0 Å². The molecule has 0 aliphatic rings. The Hall–Kier alpha value is -1.80. The highest BCUT2D eigenvalue weighted by Crippen LogP contribution is 2.27. The molecule has 100 valence electrons. The number of rotatable bonds is 5. The van der Waals surface area contributed by atoms with E-state index >= 15 is 0 Å². The van der Waals surface area contributed by atoms with Crippen molar-refractivity contribution < 1.29 is 4.74 Å². The van der Waals surface area contributed by atoms with Crippen molar-refractivity contribution in [3.63, 3.8) is 0 Å². The maximum absolute atomic E-state index is 5.99. The van der Waals surface area contributed by atoms with E-state index in [4.69, 9.17) is 4.74 Å². The zero-order valence-electron chi connectivity index (χ0n) is 11.8. The van der Waals surface area contributed by atoms with E-state index in [1.165, 1.54) is 16.7 Å². The molecule has 0 aromatic heterocycles. The molecule has 1 N–H and O–H groups in total. The Morgan fingerprint density at radius 1 is 1.11 bits per heavy atom. The van der Waals surface area contributed by atoms with Crippen LogP contribution in [0.25, 0.3) is 0 Å². The lowest BCUT2D eigenvalue weighted by Gasteiger charge is -2.17. The first-order chi connectivity index (χ1) is 9.20. The van der Waals surface area contributed by atoms with Crippen LogP contribution in [0.15, 0.2) is 48.5 Å². The molecule has 2 heteroatoms. The fourth-order valence-corrected chi connectivity index (χ4v) is 2.02. The highest BCUT2D eigenvalue weighted by molar-refractivity contribution is 5.39. The Morgan fingerprint density at radius 2 is 1.84 bits per heavy atom. The van der Waals surface area contributed by atoms with Gasteiger partial charge in [-0.2, -0.15) is 0 Å². The van der Waals surface area contributed by atoms with Gasteiger partial charge in [0.05, 0.1) is 0 Å². The standard InChI is InChI=1S/C17H21NO/c1-13-9-10-16(14(2)18-3)17(11-13)19-12-15-7-5-4-6-8-15/h4-11,14,18H,12H2,1-3H3. The third kappa shape index (κ3) is 3.58. The second-order valence-corrected chi connectivity index (χ2v) is 4.83. The van der Waals surface area contributed by atoms with E-state index in [9.17, 15) is 0 Å². The van der Waals surface area contributed by atoms with Crippen LogP contribution in [0.2, 0.25) is 0 Å². The summed E-state index contributed by atoms with van der Waals surface area (Å²) in [6.45, 7) is 4.83. The first-order valence-electron chi connectivity index (χ1n) is 6.65. The van der Waals surface area contributed by atoms with Gasteiger partial charge in [0.2, 0.25) is 0 Å². The summed E-state index contributed by atoms with van der Waals surface area (Å²) in [7, 11) is 1.96. The molecule has 0 aliphatic heterocycles. The van der Waals surface area contributed by atoms with Gasteiger partial charge >= 0.3 is 0 Å². The summed E-state index contributed by atoms with van der Waals surface area (Å²) in [6, 6.07) is 16.9. The fraction of sp³-hybridized carbons (Fsp3) is 0.294. The lowest BCUT2D eigenvalue weighted by atomic mass is 10.1. The van der Waals surface area contributed by atoms with Crippen molar-refractivity contribution in [3.05, 3.63) is 65.2 Å². The van der Waals surface area contributed by atoms with Crippen molar-refractivity contribution in [1.82, 2.24) is 5.32 Å². The minimum atomic E-state index is 0.284. The Morgan fingerprint density at radius 3 is 2.53 bits per heavy atom. The SMILES string of the molecule is CNC(C)c1ccc(C)cc1OCc1ccccc1. The molecule has 0 heterocycles. The van der Waals surface area contributed by atoms with E-state index in [2.05, 4.69) is 49.5 Å². The van der Waals surface area contributed by atoms with Crippen molar-refractivity contribution in [3.8, 4) is 5.75 Å². The van der Waals surface area contributed by atoms with Crippen LogP contribution in [0.1, 0.15) is 29.7 Å². The number of aryl methyl sites for hydroxylation is 1. The molecule has 0 fully saturated rings. The lowest BCUT2D eigenvalue weighted by Crippen LogP contribution is -2.13. The number of hydrogen-bond acceptors (Lipinski definition) is 2. The first kappa shape index (κ1) is 13.6. The van der Waals surface area contributed by atoms with Crippen LogP contribution < -0.4 is 10.1 Å². The van der Waals surface area contributed by atoms with Crippen molar-refractivity contribution in [2.24, 2.45) is 0 Å². The van der Waals surface area contributed by atoms with E-state index < -0.39 is 0 Å². The van der Waals surface area contributed by atoms with Crippen LogP contribution in [0.5, 0.6) is 5.75 Å². The van der Waals surface area contributed by atoms with Crippen LogP contribution in [0, 0.1) is 6.92 Å². The number of benzene rings is 2. The van der Waals surface area contributed by atoms with Crippen LogP contribution in [-0.2, 0) is 6.61 Å². The van der Waals surface area contributed by atoms with Crippen molar-refractivity contribution in [2.45, 2.75) is 26.5 Å². The maximum atomic E-state index is 5.99. The average Bonchev–Trinajstić information content (AvgIpc) is 2.45. The molecule has 0 saturated carbocycles. The summed E-state index contributed by atoms with van der Waals surface area (Å²) in [4.78, 5) is 0. The minimum absolute atomic E-state index is 0.284. The molecule has 2 rings (SSSR count). The maximum Gasteiger partial charge on any atom is 0.124 e. The Kier molecular flexibility index (Phi) is 4.58. The van der Waals surface area contributed by atoms with Gasteiger partial charge in [-0.15, -0.1) is 0 Å². The van der Waals surface area contributed by atoms with Gasteiger partial charge in [-0.05, 0) is 38.1 Å². The van der Waals surface area contributed by atoms with E-state index in [1.807, 2.05) is 25.2 Å². The molecule has 2 nitrogen and oxygen atoms in total. The second-order valence-electron chi connectivity index (χ2n) is 4.83. The Labute approximate surface area is 115 Å². The smallest absolute Gasteiger partial charge is 0.124 e. The zero-order valence-corrected chi connectivity index (χ0v) is 11.8. The molecular weight excluding hydrogens is 234 g/mol. The van der Waals surface area contributed by atoms with E-state index in [0.717, 1.165) is 5.75 Å². The molecule has 0 aliphatic carbocycles. The molecule has 0 radical (unpaired) electrons. The Balaban J connectivity index is 2.16. The van der Waals surface area contributed by atoms with E-state index in [1.54, 1.807) is 0 Å². The van der Waals surface area contributed by atoms with Crippen molar-refractivity contribution in [2.75, 3.05) is 7.05 Å². The highest BCUT2D eigenvalue weighted by Gasteiger charge is 2.10. The third-order valence-electron chi connectivity index (χ3n) is 3.31. The predicted molar refractivity (Wildman–Crippen MR) is 79.4 cm³/mol. The topological polar surface area (TPSA) is 21.3 Å². The molecule has 0 bridgehead atoms. The lowest BCUT2D eigenvalue weighted by molar-refractivity contribution is 0.300. The average molecular weight is 255 g/mol. The quantitative estimate of drug-likeness (QED) is 0.876. The molecule has 1 atom stereocenters. The molecule has 19 heavy (non-hydrogen) atoms. The fourth-order valence-electron chi connectivity index (χ4n) is 2.02. The first-order valence-corrected chi connectivity index (χ1v) is 6.65. The monoisotopic (exact) mass is 255 g/mol. The number of hydrogen-bond donors (Lipinski definition) is 1. The van der Waals surface area contributed by atoms with Crippen LogP contribution in [-0.4, -0.2) is 7.05 Å². The van der Waals surface area contributed by atoms with Gasteiger partial charge in [0.1, 0.15) is 12.4 Å². The van der Waals surface area contributed by atoms with Crippen LogP contribution >= 0.6 is 0 Å². The third-order valence-corrected chi connectivity index (χ3v) is 3.31. The van der Waals surface area contributed by atoms with Crippen LogP contribution in [0.3, 0.4) is 0 Å². The molecule has 0 saturated heterocycles. The van der Waals surface area contributed by atoms with Crippen LogP contribution in [0.4, 0.5) is 0 Å². The molecule has 0 amide bonds. The summed E-state index contributed by atoms with van der Waals surface area (Å²) in [5.41, 5.74) is 3.60. The van der Waals surface area contributed by atoms with Gasteiger partial charge in [0.25, 0.3) is 0 Å². The van der Waals surface area contributed by atoms with E-state index in [-0.39, 0.29) is 6.04 Å². The second kappa shape index (κ2) is 6.39. The van der Waals surface area contributed by atoms with Gasteiger partial charge in [0.15, 0.2) is 0 Å². The zero-order chi connectivity index (χ0) is 13.7. The van der Waals surface area contributed by atoms with Crippen molar-refractivity contribution in [1.29, 1.82) is 0 Å². The number of nitrogens with one attached hydrogen (secondary N) is 1. The predicted octanol–water partition coefficient (Wildman–Crippen LogP) is 3.85. The van der Waals surface area contributed by atoms with E-state index in [0.29, 0.717) is 6.61 Å². The van der Waals surface area contributed by atoms with Gasteiger partial charge < -0.3 is 10.1 Å². The number of ether oxygens (including phenoxy) is 1. The largest absolute Gasteiger partial charge is 0.489 e. The molecule has 1 unspecified atom stereocenters.